The van der Waals surface area contributed by atoms with E-state index < -0.39 is 16.5 Å². The summed E-state index contributed by atoms with van der Waals surface area (Å²) in [6.45, 7) is 1.91. The van der Waals surface area contributed by atoms with Gasteiger partial charge in [-0.25, -0.2) is 9.97 Å². The van der Waals surface area contributed by atoms with E-state index in [1.54, 1.807) is 48.7 Å². The minimum absolute atomic E-state index is 0.0368. The Bertz CT molecular complexity index is 1270. The van der Waals surface area contributed by atoms with Gasteiger partial charge >= 0.3 is 5.69 Å². The van der Waals surface area contributed by atoms with Gasteiger partial charge < -0.3 is 5.32 Å². The number of fused-ring (bicyclic) bond motifs is 1. The Morgan fingerprint density at radius 3 is 2.48 bits per heavy atom. The molecule has 4 aromatic rings. The highest BCUT2D eigenvalue weighted by Gasteiger charge is 2.24. The van der Waals surface area contributed by atoms with Crippen LogP contribution in [0.5, 0.6) is 0 Å². The molecule has 0 aliphatic heterocycles. The van der Waals surface area contributed by atoms with Crippen molar-refractivity contribution in [2.45, 2.75) is 6.92 Å². The normalized spacial score (nSPS) is 10.5. The quantitative estimate of drug-likeness (QED) is 0.320. The van der Waals surface area contributed by atoms with Gasteiger partial charge in [0, 0.05) is 17.1 Å². The number of hydrogen-bond acceptors (Lipinski definition) is 8. The van der Waals surface area contributed by atoms with E-state index in [9.17, 15) is 14.9 Å². The number of aryl methyl sites for hydroxylation is 1. The standard InChI is InChI=1S/C21H17N7O3/c1-13-7-9-15(10-8-13)21(29)27-26-20-18(28(30)31)19(23-12-24-20)25-16-6-2-4-14-5-3-11-22-17(14)16/h2-12H,1H3,(H,27,29)(H2,23,24,25,26). The maximum absolute atomic E-state index is 12.3. The largest absolute Gasteiger partial charge is 0.355 e. The molecule has 0 fully saturated rings. The van der Waals surface area contributed by atoms with Crippen LogP contribution in [0.3, 0.4) is 0 Å². The number of nitro groups is 1. The van der Waals surface area contributed by atoms with Gasteiger partial charge in [0.1, 0.15) is 6.33 Å². The fraction of sp³-hybridized carbons (Fsp3) is 0.0476. The van der Waals surface area contributed by atoms with Crippen molar-refractivity contribution in [3.63, 3.8) is 0 Å². The predicted octanol–water partition coefficient (Wildman–Crippen LogP) is 3.74. The maximum Gasteiger partial charge on any atom is 0.355 e. The Labute approximate surface area is 176 Å². The molecule has 31 heavy (non-hydrogen) atoms. The third-order valence-electron chi connectivity index (χ3n) is 4.50. The second-order valence-corrected chi connectivity index (χ2v) is 6.63. The van der Waals surface area contributed by atoms with Crippen molar-refractivity contribution in [1.82, 2.24) is 20.4 Å². The van der Waals surface area contributed by atoms with Crippen molar-refractivity contribution in [2.75, 3.05) is 10.7 Å². The SMILES string of the molecule is Cc1ccc(C(=O)NNc2ncnc(Nc3cccc4cccnc34)c2[N+](=O)[O-])cc1. The van der Waals surface area contributed by atoms with Crippen LogP contribution in [0.2, 0.25) is 0 Å². The van der Waals surface area contributed by atoms with E-state index in [4.69, 9.17) is 0 Å². The number of anilines is 3. The van der Waals surface area contributed by atoms with Crippen molar-refractivity contribution in [3.8, 4) is 0 Å². The first-order chi connectivity index (χ1) is 15.0. The number of aromatic nitrogens is 3. The zero-order chi connectivity index (χ0) is 21.8. The van der Waals surface area contributed by atoms with Crippen LogP contribution in [-0.4, -0.2) is 25.8 Å². The summed E-state index contributed by atoms with van der Waals surface area (Å²) in [4.78, 5) is 35.7. The van der Waals surface area contributed by atoms with Crippen LogP contribution >= 0.6 is 0 Å². The molecular weight excluding hydrogens is 398 g/mol. The van der Waals surface area contributed by atoms with Gasteiger partial charge in [0.05, 0.1) is 16.1 Å². The van der Waals surface area contributed by atoms with E-state index in [1.165, 1.54) is 0 Å². The van der Waals surface area contributed by atoms with Crippen molar-refractivity contribution >= 4 is 39.8 Å². The Kier molecular flexibility index (Phi) is 5.35. The molecular formula is C21H17N7O3. The topological polar surface area (TPSA) is 135 Å². The van der Waals surface area contributed by atoms with Gasteiger partial charge in [0.25, 0.3) is 5.91 Å². The second-order valence-electron chi connectivity index (χ2n) is 6.63. The molecule has 0 aliphatic carbocycles. The number of hydrazine groups is 1. The molecule has 0 saturated carbocycles. The fourth-order valence-corrected chi connectivity index (χ4v) is 2.96. The summed E-state index contributed by atoms with van der Waals surface area (Å²) < 4.78 is 0. The Morgan fingerprint density at radius 1 is 0.968 bits per heavy atom. The molecule has 2 heterocycles. The first kappa shape index (κ1) is 19.7. The first-order valence-corrected chi connectivity index (χ1v) is 9.26. The van der Waals surface area contributed by atoms with Crippen molar-refractivity contribution in [2.24, 2.45) is 0 Å². The number of amides is 1. The third kappa shape index (κ3) is 4.22. The van der Waals surface area contributed by atoms with Crippen LogP contribution in [0.1, 0.15) is 15.9 Å². The van der Waals surface area contributed by atoms with Gasteiger partial charge in [-0.15, -0.1) is 0 Å². The van der Waals surface area contributed by atoms with Crippen molar-refractivity contribution in [1.29, 1.82) is 0 Å². The first-order valence-electron chi connectivity index (χ1n) is 9.26. The molecule has 0 bridgehead atoms. The van der Waals surface area contributed by atoms with Gasteiger partial charge in [-0.05, 0) is 31.2 Å². The lowest BCUT2D eigenvalue weighted by Gasteiger charge is -2.12. The summed E-state index contributed by atoms with van der Waals surface area (Å²) >= 11 is 0. The molecule has 4 rings (SSSR count). The third-order valence-corrected chi connectivity index (χ3v) is 4.50. The molecule has 10 heteroatoms. The fourth-order valence-electron chi connectivity index (χ4n) is 2.96. The van der Waals surface area contributed by atoms with Crippen LogP contribution in [0.4, 0.5) is 23.0 Å². The zero-order valence-electron chi connectivity index (χ0n) is 16.4. The lowest BCUT2D eigenvalue weighted by molar-refractivity contribution is -0.383. The van der Waals surface area contributed by atoms with E-state index in [0.717, 1.165) is 17.3 Å². The molecule has 0 unspecified atom stereocenters. The minimum atomic E-state index is -0.624. The molecule has 0 radical (unpaired) electrons. The van der Waals surface area contributed by atoms with E-state index in [-0.39, 0.29) is 11.6 Å². The van der Waals surface area contributed by atoms with Gasteiger partial charge in [-0.3, -0.25) is 30.7 Å². The van der Waals surface area contributed by atoms with Crippen LogP contribution in [0.25, 0.3) is 10.9 Å². The molecule has 3 N–H and O–H groups in total. The van der Waals surface area contributed by atoms with Crippen LogP contribution < -0.4 is 16.2 Å². The van der Waals surface area contributed by atoms with Crippen LogP contribution in [0.15, 0.2) is 67.1 Å². The molecule has 2 aromatic heterocycles. The van der Waals surface area contributed by atoms with Crippen LogP contribution in [0, 0.1) is 17.0 Å². The minimum Gasteiger partial charge on any atom is -0.332 e. The van der Waals surface area contributed by atoms with Crippen molar-refractivity contribution < 1.29 is 9.72 Å². The van der Waals surface area contributed by atoms with E-state index in [2.05, 4.69) is 31.1 Å². The van der Waals surface area contributed by atoms with Gasteiger partial charge in [0.15, 0.2) is 0 Å². The Morgan fingerprint density at radius 2 is 1.71 bits per heavy atom. The molecule has 0 spiro atoms. The summed E-state index contributed by atoms with van der Waals surface area (Å²) in [5.74, 6) is -0.651. The molecule has 154 valence electrons. The van der Waals surface area contributed by atoms with E-state index in [1.807, 2.05) is 19.1 Å². The highest BCUT2D eigenvalue weighted by atomic mass is 16.6. The number of para-hydroxylation sites is 1. The Balaban J connectivity index is 1.61. The Hall–Kier alpha value is -4.60. The zero-order valence-corrected chi connectivity index (χ0v) is 16.4. The number of hydrogen-bond donors (Lipinski definition) is 3. The molecule has 2 aromatic carbocycles. The smallest absolute Gasteiger partial charge is 0.332 e. The molecule has 1 amide bonds. The second kappa shape index (κ2) is 8.41. The van der Waals surface area contributed by atoms with Gasteiger partial charge in [-0.1, -0.05) is 35.9 Å². The lowest BCUT2D eigenvalue weighted by Crippen LogP contribution is -2.30. The molecule has 0 atom stereocenters. The highest BCUT2D eigenvalue weighted by molar-refractivity contribution is 5.95. The average Bonchev–Trinajstić information content (AvgIpc) is 2.78. The lowest BCUT2D eigenvalue weighted by atomic mass is 10.1. The van der Waals surface area contributed by atoms with Gasteiger partial charge in [0.2, 0.25) is 11.6 Å². The molecule has 0 saturated heterocycles. The summed E-state index contributed by atoms with van der Waals surface area (Å²) in [6, 6.07) is 16.0. The highest BCUT2D eigenvalue weighted by Crippen LogP contribution is 2.32. The molecule has 0 aliphatic rings. The maximum atomic E-state index is 12.3. The number of nitrogens with one attached hydrogen (secondary N) is 3. The number of nitrogens with zero attached hydrogens (tertiary/aromatic N) is 4. The number of pyridine rings is 1. The van der Waals surface area contributed by atoms with Gasteiger partial charge in [-0.2, -0.15) is 0 Å². The summed E-state index contributed by atoms with van der Waals surface area (Å²) in [6.07, 6.45) is 2.80. The number of rotatable bonds is 6. The summed E-state index contributed by atoms with van der Waals surface area (Å²) in [5, 5.41) is 15.6. The van der Waals surface area contributed by atoms with E-state index in [0.29, 0.717) is 16.8 Å². The summed E-state index contributed by atoms with van der Waals surface area (Å²) in [5.41, 5.74) is 7.13. The summed E-state index contributed by atoms with van der Waals surface area (Å²) in [7, 11) is 0. The number of carbonyl (C=O) groups is 1. The number of benzene rings is 2. The predicted molar refractivity (Wildman–Crippen MR) is 116 cm³/mol. The molecule has 10 nitrogen and oxygen atoms in total. The monoisotopic (exact) mass is 415 g/mol. The van der Waals surface area contributed by atoms with E-state index >= 15 is 0 Å². The van der Waals surface area contributed by atoms with Crippen molar-refractivity contribution in [3.05, 3.63) is 88.4 Å². The van der Waals surface area contributed by atoms with Crippen LogP contribution in [-0.2, 0) is 0 Å². The number of carbonyl (C=O) groups excluding carboxylic acids is 1. The average molecular weight is 415 g/mol.